The number of fused-ring (bicyclic) bond motifs is 2. The molecule has 2 fully saturated rings. The van der Waals surface area contributed by atoms with Gasteiger partial charge in [-0.1, -0.05) is 23.7 Å². The molecule has 0 saturated carbocycles. The number of halogens is 1. The molecule has 0 N–H and O–H groups in total. The maximum atomic E-state index is 12.5. The summed E-state index contributed by atoms with van der Waals surface area (Å²) in [4.78, 5) is 17.1. The SMILES string of the molecule is CN(CC[S-])CC[S-].COC(=O)[C@H]1[C@@H](c2ccc(Cl)cc2)C[C@@H]2CC[C@H]1N2CC[S-].[O]=[99Tc+3]. The van der Waals surface area contributed by atoms with E-state index in [4.69, 9.17) is 57.7 Å². The molecule has 1 aromatic carbocycles. The second kappa shape index (κ2) is 16.9. The zero-order valence-electron chi connectivity index (χ0n) is 18.6. The summed E-state index contributed by atoms with van der Waals surface area (Å²) in [6.45, 7) is 2.88. The van der Waals surface area contributed by atoms with Gasteiger partial charge in [-0.05, 0) is 63.6 Å². The predicted molar refractivity (Wildman–Crippen MR) is 133 cm³/mol. The quantitative estimate of drug-likeness (QED) is 0.333. The molecule has 2 bridgehead atoms. The van der Waals surface area contributed by atoms with E-state index in [0.29, 0.717) is 11.8 Å². The van der Waals surface area contributed by atoms with Crippen LogP contribution in [0.5, 0.6) is 0 Å². The van der Waals surface area contributed by atoms with Crippen LogP contribution in [0.2, 0.25) is 5.02 Å². The van der Waals surface area contributed by atoms with Gasteiger partial charge in [0.15, 0.2) is 0 Å². The molecule has 4 atom stereocenters. The molecule has 0 spiro atoms. The van der Waals surface area contributed by atoms with Crippen molar-refractivity contribution in [3.8, 4) is 0 Å². The van der Waals surface area contributed by atoms with Crippen LogP contribution in [0, 0.1) is 5.92 Å². The molecule has 3 rings (SSSR count). The van der Waals surface area contributed by atoms with Gasteiger partial charge in [0.25, 0.3) is 0 Å². The predicted octanol–water partition coefficient (Wildman–Crippen LogP) is 2.89. The van der Waals surface area contributed by atoms with Crippen LogP contribution in [0.15, 0.2) is 24.3 Å². The second-order valence-electron chi connectivity index (χ2n) is 7.89. The molecular weight excluding hydrogens is 571 g/mol. The average Bonchev–Trinajstić information content (AvgIpc) is 3.07. The first-order valence-electron chi connectivity index (χ1n) is 10.6. The maximum absolute atomic E-state index is 12.5. The van der Waals surface area contributed by atoms with Crippen molar-refractivity contribution >= 4 is 55.5 Å². The molecule has 1 aromatic rings. The van der Waals surface area contributed by atoms with Crippen LogP contribution in [0.3, 0.4) is 0 Å². The van der Waals surface area contributed by atoms with Gasteiger partial charge in [0.1, 0.15) is 0 Å². The van der Waals surface area contributed by atoms with Crippen molar-refractivity contribution in [2.24, 2.45) is 5.92 Å². The minimum absolute atomic E-state index is 0.0975. The van der Waals surface area contributed by atoms with Crippen LogP contribution in [0.25, 0.3) is 0 Å². The molecule has 0 aliphatic carbocycles. The monoisotopic (exact) mass is 602 g/mol. The molecular formula is C22H32ClN2O3S3Tc. The van der Waals surface area contributed by atoms with E-state index in [-0.39, 0.29) is 23.8 Å². The summed E-state index contributed by atoms with van der Waals surface area (Å²) in [5.74, 6) is 2.35. The van der Waals surface area contributed by atoms with Gasteiger partial charge < -0.3 is 47.5 Å². The van der Waals surface area contributed by atoms with Gasteiger partial charge in [-0.25, -0.2) is 0 Å². The fraction of sp³-hybridized carbons (Fsp3) is 0.682. The van der Waals surface area contributed by atoms with Gasteiger partial charge in [-0.3, -0.25) is 9.69 Å². The van der Waals surface area contributed by atoms with E-state index in [1.54, 1.807) is 0 Å². The third kappa shape index (κ3) is 8.88. The molecule has 0 aromatic heterocycles. The van der Waals surface area contributed by atoms with Gasteiger partial charge in [0, 0.05) is 23.0 Å². The van der Waals surface area contributed by atoms with E-state index in [0.717, 1.165) is 74.3 Å². The Kier molecular flexibility index (Phi) is 16.1. The summed E-state index contributed by atoms with van der Waals surface area (Å²) in [6.07, 6.45) is 3.20. The molecule has 0 unspecified atom stereocenters. The Hall–Kier alpha value is 0.399. The van der Waals surface area contributed by atoms with Crippen LogP contribution in [0.4, 0.5) is 0 Å². The molecule has 5 nitrogen and oxygen atoms in total. The van der Waals surface area contributed by atoms with Crippen molar-refractivity contribution in [1.29, 1.82) is 0 Å². The molecule has 2 heterocycles. The Morgan fingerprint density at radius 1 is 1.12 bits per heavy atom. The van der Waals surface area contributed by atoms with Crippen LogP contribution in [-0.2, 0) is 69.8 Å². The molecule has 10 heteroatoms. The van der Waals surface area contributed by atoms with E-state index in [1.807, 2.05) is 31.3 Å². The molecule has 2 aliphatic heterocycles. The summed E-state index contributed by atoms with van der Waals surface area (Å²) in [6, 6.07) is 8.70. The number of rotatable bonds is 8. The van der Waals surface area contributed by atoms with Crippen LogP contribution >= 0.6 is 11.6 Å². The topological polar surface area (TPSA) is 49.9 Å². The van der Waals surface area contributed by atoms with Crippen molar-refractivity contribution < 1.29 is 31.9 Å². The number of piperidine rings is 1. The summed E-state index contributed by atoms with van der Waals surface area (Å²) < 4.78 is 13.3. The van der Waals surface area contributed by atoms with Gasteiger partial charge in [0.2, 0.25) is 0 Å². The van der Waals surface area contributed by atoms with Gasteiger partial charge >= 0.3 is 28.3 Å². The van der Waals surface area contributed by atoms with Crippen molar-refractivity contribution in [2.75, 3.05) is 51.1 Å². The van der Waals surface area contributed by atoms with E-state index >= 15 is 0 Å². The van der Waals surface area contributed by atoms with E-state index in [2.05, 4.69) is 9.80 Å². The zero-order valence-corrected chi connectivity index (χ0v) is 23.6. The first kappa shape index (κ1) is 30.4. The summed E-state index contributed by atoms with van der Waals surface area (Å²) in [5, 5.41) is 0.727. The molecule has 180 valence electrons. The summed E-state index contributed by atoms with van der Waals surface area (Å²) in [7, 11) is 3.53. The Balaban J connectivity index is 0.000000436. The van der Waals surface area contributed by atoms with Crippen LogP contribution in [-0.4, -0.2) is 78.9 Å². The molecule has 0 amide bonds. The normalized spacial score (nSPS) is 24.2. The third-order valence-corrected chi connectivity index (χ3v) is 6.93. The average molecular weight is 603 g/mol. The van der Waals surface area contributed by atoms with Crippen molar-refractivity contribution in [2.45, 2.75) is 37.3 Å². The first-order chi connectivity index (χ1) is 15.5. The molecule has 32 heavy (non-hydrogen) atoms. The Bertz CT molecular complexity index is 668. The van der Waals surface area contributed by atoms with Gasteiger partial charge in [-0.2, -0.15) is 17.3 Å². The fourth-order valence-corrected chi connectivity index (χ4v) is 5.66. The Morgan fingerprint density at radius 2 is 1.72 bits per heavy atom. The standard InChI is InChI=1S/C17H22ClNO2S.C5H13NS2.O.Tc/c1-21-17(20)16-14(11-2-4-12(18)5-3-11)10-13-6-7-15(16)19(13)8-9-22;1-6(2-4-7)3-5-8;;/h2-5,13-16,22H,6-10H2,1H3;7-8H,2-5H2,1H3;;/q;;;+3/p-3/t13-,14+,15+,16-;;;/m0.../s1/i;;;1+1. The fourth-order valence-electron chi connectivity index (χ4n) is 4.70. The van der Waals surface area contributed by atoms with Crippen LogP contribution in [0.1, 0.15) is 30.7 Å². The van der Waals surface area contributed by atoms with Crippen LogP contribution < -0.4 is 0 Å². The number of hydrogen-bond acceptors (Lipinski definition) is 8. The van der Waals surface area contributed by atoms with Crippen molar-refractivity contribution in [3.05, 3.63) is 34.9 Å². The van der Waals surface area contributed by atoms with Gasteiger partial charge in [-0.15, -0.1) is 0 Å². The molecule has 0 radical (unpaired) electrons. The second-order valence-corrected chi connectivity index (χ2v) is 9.56. The number of benzene rings is 1. The number of carbonyl (C=O) groups is 1. The van der Waals surface area contributed by atoms with E-state index in [9.17, 15) is 4.79 Å². The van der Waals surface area contributed by atoms with Crippen molar-refractivity contribution in [3.63, 3.8) is 0 Å². The number of hydrogen-bond donors (Lipinski definition) is 0. The number of ether oxygens (including phenoxy) is 1. The van der Waals surface area contributed by atoms with E-state index in [1.165, 1.54) is 12.7 Å². The Morgan fingerprint density at radius 3 is 2.22 bits per heavy atom. The molecule has 2 aliphatic rings. The number of esters is 1. The summed E-state index contributed by atoms with van der Waals surface area (Å²) >= 11 is 21.6. The van der Waals surface area contributed by atoms with Gasteiger partial charge in [0.05, 0.1) is 13.0 Å². The third-order valence-electron chi connectivity index (χ3n) is 6.13. The first-order valence-corrected chi connectivity index (χ1v) is 13.5. The minimum atomic E-state index is -0.105. The van der Waals surface area contributed by atoms with E-state index < -0.39 is 0 Å². The molecule has 2 saturated heterocycles. The number of methoxy groups -OCH3 is 1. The number of carbonyl (C=O) groups excluding carboxylic acids is 1. The van der Waals surface area contributed by atoms with Crippen molar-refractivity contribution in [1.82, 2.24) is 9.80 Å². The summed E-state index contributed by atoms with van der Waals surface area (Å²) in [5.41, 5.74) is 1.19. The zero-order chi connectivity index (χ0) is 24.1. The Labute approximate surface area is 225 Å². The number of nitrogens with zero attached hydrogens (tertiary/aromatic N) is 2.